The average molecular weight is 353 g/mol. The molecule has 0 aliphatic heterocycles. The largest absolute Gasteiger partial charge is 0.497 e. The maximum absolute atomic E-state index is 12.6. The van der Waals surface area contributed by atoms with Crippen LogP contribution in [-0.4, -0.2) is 36.6 Å². The van der Waals surface area contributed by atoms with Gasteiger partial charge < -0.3 is 14.7 Å². The number of hydrogen-bond acceptors (Lipinski definition) is 3. The number of amides is 1. The number of alkyl halides is 3. The van der Waals surface area contributed by atoms with Crippen molar-refractivity contribution in [3.05, 3.63) is 65.2 Å². The second-order valence-corrected chi connectivity index (χ2v) is 5.55. The van der Waals surface area contributed by atoms with Gasteiger partial charge in [0.2, 0.25) is 0 Å². The Bertz CT molecular complexity index is 712. The molecule has 0 fully saturated rings. The molecule has 0 saturated heterocycles. The Morgan fingerprint density at radius 3 is 2.16 bits per heavy atom. The van der Waals surface area contributed by atoms with Gasteiger partial charge in [0.15, 0.2) is 0 Å². The van der Waals surface area contributed by atoms with Crippen LogP contribution in [0.4, 0.5) is 13.2 Å². The number of carbonyl (C=O) groups is 1. The van der Waals surface area contributed by atoms with Gasteiger partial charge in [-0.1, -0.05) is 12.1 Å². The molecule has 0 aromatic heterocycles. The fourth-order valence-corrected chi connectivity index (χ4v) is 2.30. The van der Waals surface area contributed by atoms with Gasteiger partial charge in [-0.05, 0) is 42.0 Å². The van der Waals surface area contributed by atoms with Crippen molar-refractivity contribution in [1.82, 2.24) is 4.90 Å². The standard InChI is InChI=1S/C18H18F3NO3/c1-22(11-16(23)12-5-9-15(25-2)10-6-12)17(24)13-3-7-14(8-4-13)18(19,20)21/h3-10,16,23H,11H2,1-2H3. The molecule has 25 heavy (non-hydrogen) atoms. The molecule has 4 nitrogen and oxygen atoms in total. The van der Waals surface area contributed by atoms with Gasteiger partial charge in [-0.3, -0.25) is 4.79 Å². The van der Waals surface area contributed by atoms with Gasteiger partial charge in [0, 0.05) is 12.6 Å². The molecule has 1 atom stereocenters. The van der Waals surface area contributed by atoms with Gasteiger partial charge in [0.05, 0.1) is 25.3 Å². The molecule has 0 heterocycles. The Kier molecular flexibility index (Phi) is 5.69. The first kappa shape index (κ1) is 18.8. The number of nitrogens with zero attached hydrogens (tertiary/aromatic N) is 1. The average Bonchev–Trinajstić information content (AvgIpc) is 2.60. The monoisotopic (exact) mass is 353 g/mol. The third-order valence-electron chi connectivity index (χ3n) is 3.75. The third kappa shape index (κ3) is 4.73. The van der Waals surface area contributed by atoms with E-state index in [9.17, 15) is 23.1 Å². The van der Waals surface area contributed by atoms with Gasteiger partial charge in [0.1, 0.15) is 5.75 Å². The summed E-state index contributed by atoms with van der Waals surface area (Å²) < 4.78 is 42.7. The lowest BCUT2D eigenvalue weighted by atomic mass is 10.1. The van der Waals surface area contributed by atoms with Crippen LogP contribution in [0.5, 0.6) is 5.75 Å². The number of aliphatic hydroxyl groups excluding tert-OH is 1. The lowest BCUT2D eigenvalue weighted by molar-refractivity contribution is -0.137. The second-order valence-electron chi connectivity index (χ2n) is 5.55. The van der Waals surface area contributed by atoms with Crippen LogP contribution >= 0.6 is 0 Å². The Morgan fingerprint density at radius 2 is 1.68 bits per heavy atom. The van der Waals surface area contributed by atoms with Crippen molar-refractivity contribution in [1.29, 1.82) is 0 Å². The van der Waals surface area contributed by atoms with Gasteiger partial charge in [0.25, 0.3) is 5.91 Å². The number of benzene rings is 2. The minimum atomic E-state index is -4.45. The highest BCUT2D eigenvalue weighted by atomic mass is 19.4. The molecular weight excluding hydrogens is 335 g/mol. The van der Waals surface area contributed by atoms with Gasteiger partial charge in [-0.15, -0.1) is 0 Å². The topological polar surface area (TPSA) is 49.8 Å². The lowest BCUT2D eigenvalue weighted by Crippen LogP contribution is -2.31. The van der Waals surface area contributed by atoms with E-state index >= 15 is 0 Å². The molecule has 0 saturated carbocycles. The summed E-state index contributed by atoms with van der Waals surface area (Å²) in [5.41, 5.74) is -0.0877. The number of carbonyl (C=O) groups excluding carboxylic acids is 1. The van der Waals surface area contributed by atoms with Crippen molar-refractivity contribution in [3.8, 4) is 5.75 Å². The predicted molar refractivity (Wildman–Crippen MR) is 86.4 cm³/mol. The normalized spacial score (nSPS) is 12.6. The summed E-state index contributed by atoms with van der Waals surface area (Å²) in [7, 11) is 3.01. The highest BCUT2D eigenvalue weighted by Gasteiger charge is 2.30. The second kappa shape index (κ2) is 7.57. The van der Waals surface area contributed by atoms with Crippen LogP contribution in [0.3, 0.4) is 0 Å². The zero-order valence-electron chi connectivity index (χ0n) is 13.7. The summed E-state index contributed by atoms with van der Waals surface area (Å²) in [5, 5.41) is 10.2. The SMILES string of the molecule is COc1ccc(C(O)CN(C)C(=O)c2ccc(C(F)(F)F)cc2)cc1. The van der Waals surface area contributed by atoms with Crippen LogP contribution in [0.25, 0.3) is 0 Å². The van der Waals surface area contributed by atoms with Crippen molar-refractivity contribution in [3.63, 3.8) is 0 Å². The number of hydrogen-bond donors (Lipinski definition) is 1. The first-order valence-electron chi connectivity index (χ1n) is 7.47. The van der Waals surface area contributed by atoms with E-state index in [0.717, 1.165) is 24.3 Å². The van der Waals surface area contributed by atoms with Crippen molar-refractivity contribution in [2.45, 2.75) is 12.3 Å². The van der Waals surface area contributed by atoms with Gasteiger partial charge >= 0.3 is 6.18 Å². The van der Waals surface area contributed by atoms with Crippen LogP contribution in [0, 0.1) is 0 Å². The zero-order valence-corrected chi connectivity index (χ0v) is 13.7. The third-order valence-corrected chi connectivity index (χ3v) is 3.75. The minimum Gasteiger partial charge on any atom is -0.497 e. The van der Waals surface area contributed by atoms with Gasteiger partial charge in [-0.2, -0.15) is 13.2 Å². The quantitative estimate of drug-likeness (QED) is 0.895. The van der Waals surface area contributed by atoms with Crippen LogP contribution in [0.2, 0.25) is 0 Å². The molecular formula is C18H18F3NO3. The molecule has 2 rings (SSSR count). The van der Waals surface area contributed by atoms with Gasteiger partial charge in [-0.25, -0.2) is 0 Å². The Balaban J connectivity index is 2.03. The van der Waals surface area contributed by atoms with Crippen molar-refractivity contribution < 1.29 is 27.8 Å². The van der Waals surface area contributed by atoms with Crippen molar-refractivity contribution in [2.24, 2.45) is 0 Å². The van der Waals surface area contributed by atoms with E-state index in [1.807, 2.05) is 0 Å². The fraction of sp³-hybridized carbons (Fsp3) is 0.278. The molecule has 2 aromatic carbocycles. The maximum Gasteiger partial charge on any atom is 0.416 e. The molecule has 0 spiro atoms. The number of aliphatic hydroxyl groups is 1. The molecule has 134 valence electrons. The summed E-state index contributed by atoms with van der Waals surface area (Å²) in [6, 6.07) is 10.7. The van der Waals surface area contributed by atoms with Crippen molar-refractivity contribution >= 4 is 5.91 Å². The van der Waals surface area contributed by atoms with Crippen molar-refractivity contribution in [2.75, 3.05) is 20.7 Å². The molecule has 0 aliphatic rings. The smallest absolute Gasteiger partial charge is 0.416 e. The molecule has 1 N–H and O–H groups in total. The molecule has 7 heteroatoms. The molecule has 1 unspecified atom stereocenters. The zero-order chi connectivity index (χ0) is 18.6. The summed E-state index contributed by atoms with van der Waals surface area (Å²) >= 11 is 0. The first-order chi connectivity index (χ1) is 11.7. The summed E-state index contributed by atoms with van der Waals surface area (Å²) in [6.07, 6.45) is -5.37. The molecule has 0 radical (unpaired) electrons. The maximum atomic E-state index is 12.6. The highest BCUT2D eigenvalue weighted by molar-refractivity contribution is 5.94. The first-order valence-corrected chi connectivity index (χ1v) is 7.47. The van der Waals surface area contributed by atoms with E-state index in [2.05, 4.69) is 0 Å². The minimum absolute atomic E-state index is 0.00614. The number of halogens is 3. The molecule has 0 bridgehead atoms. The number of likely N-dealkylation sites (N-methyl/N-ethyl adjacent to an activating group) is 1. The Morgan fingerprint density at radius 1 is 1.12 bits per heavy atom. The van der Waals surface area contributed by atoms with Crippen LogP contribution in [0.15, 0.2) is 48.5 Å². The number of rotatable bonds is 5. The van der Waals surface area contributed by atoms with E-state index in [4.69, 9.17) is 4.74 Å². The summed E-state index contributed by atoms with van der Waals surface area (Å²) in [5.74, 6) is 0.173. The Hall–Kier alpha value is -2.54. The molecule has 1 amide bonds. The van der Waals surface area contributed by atoms with E-state index < -0.39 is 23.8 Å². The summed E-state index contributed by atoms with van der Waals surface area (Å²) in [4.78, 5) is 13.5. The molecule has 0 aliphatic carbocycles. The molecule has 2 aromatic rings. The van der Waals surface area contributed by atoms with Crippen LogP contribution in [-0.2, 0) is 6.18 Å². The lowest BCUT2D eigenvalue weighted by Gasteiger charge is -2.21. The number of ether oxygens (including phenoxy) is 1. The van der Waals surface area contributed by atoms with Crippen LogP contribution < -0.4 is 4.74 Å². The van der Waals surface area contributed by atoms with Crippen LogP contribution in [0.1, 0.15) is 27.6 Å². The number of methoxy groups -OCH3 is 1. The Labute approximate surface area is 143 Å². The highest BCUT2D eigenvalue weighted by Crippen LogP contribution is 2.29. The van der Waals surface area contributed by atoms with E-state index in [1.54, 1.807) is 24.3 Å². The van der Waals surface area contributed by atoms with E-state index in [1.165, 1.54) is 19.1 Å². The van der Waals surface area contributed by atoms with E-state index in [0.29, 0.717) is 11.3 Å². The summed E-state index contributed by atoms with van der Waals surface area (Å²) in [6.45, 7) is 0.00614. The predicted octanol–water partition coefficient (Wildman–Crippen LogP) is 3.52. The van der Waals surface area contributed by atoms with E-state index in [-0.39, 0.29) is 12.1 Å². The fourth-order valence-electron chi connectivity index (χ4n) is 2.30.